The summed E-state index contributed by atoms with van der Waals surface area (Å²) in [5.41, 5.74) is 2.83. The Labute approximate surface area is 217 Å². The van der Waals surface area contributed by atoms with Crippen molar-refractivity contribution in [2.75, 3.05) is 0 Å². The fourth-order valence-electron chi connectivity index (χ4n) is 4.36. The van der Waals surface area contributed by atoms with Gasteiger partial charge in [-0.1, -0.05) is 36.4 Å². The Morgan fingerprint density at radius 2 is 1.68 bits per heavy atom. The number of rotatable bonds is 6. The molecule has 0 fully saturated rings. The van der Waals surface area contributed by atoms with Gasteiger partial charge in [0.1, 0.15) is 11.8 Å². The molecule has 4 aromatic rings. The minimum Gasteiger partial charge on any atom is -0.347 e. The van der Waals surface area contributed by atoms with E-state index in [0.717, 1.165) is 23.3 Å². The average Bonchev–Trinajstić information content (AvgIpc) is 3.16. The molecule has 2 heterocycles. The zero-order valence-corrected chi connectivity index (χ0v) is 20.6. The maximum absolute atomic E-state index is 13.6. The Hall–Kier alpha value is -4.89. The molecular weight excluding hydrogens is 491 g/mol. The summed E-state index contributed by atoms with van der Waals surface area (Å²) in [7, 11) is 0. The van der Waals surface area contributed by atoms with Gasteiger partial charge in [-0.15, -0.1) is 0 Å². The van der Waals surface area contributed by atoms with E-state index < -0.39 is 17.3 Å². The zero-order chi connectivity index (χ0) is 27.4. The van der Waals surface area contributed by atoms with Gasteiger partial charge in [-0.05, 0) is 54.8 Å². The Balaban J connectivity index is 1.58. The summed E-state index contributed by atoms with van der Waals surface area (Å²) in [6.07, 6.45) is -3.15. The van der Waals surface area contributed by atoms with E-state index in [1.807, 2.05) is 28.8 Å². The standard InChI is InChI=1S/C29H22F3N5O/c1-18-24(15-34)27(22-10-11-23(14-33)25(13-22)29(30,31)32)19(2)37(18)17-21-8-6-20(7-9-21)16-36-28(38)26-5-3-4-12-35-26/h3-13H,16-17H2,1-2H3,(H,36,38). The molecule has 0 bridgehead atoms. The molecular formula is C29H22F3N5O. The van der Waals surface area contributed by atoms with E-state index in [1.54, 1.807) is 44.3 Å². The van der Waals surface area contributed by atoms with Crippen LogP contribution in [0.2, 0.25) is 0 Å². The summed E-state index contributed by atoms with van der Waals surface area (Å²) < 4.78 is 42.6. The highest BCUT2D eigenvalue weighted by atomic mass is 19.4. The smallest absolute Gasteiger partial charge is 0.347 e. The van der Waals surface area contributed by atoms with Crippen LogP contribution in [0.15, 0.2) is 66.9 Å². The predicted molar refractivity (Wildman–Crippen MR) is 135 cm³/mol. The highest BCUT2D eigenvalue weighted by Crippen LogP contribution is 2.38. The fraction of sp³-hybridized carbons (Fsp3) is 0.172. The lowest BCUT2D eigenvalue weighted by molar-refractivity contribution is -0.137. The van der Waals surface area contributed by atoms with Crippen molar-refractivity contribution < 1.29 is 18.0 Å². The number of pyridine rings is 1. The van der Waals surface area contributed by atoms with Crippen molar-refractivity contribution in [3.63, 3.8) is 0 Å². The van der Waals surface area contributed by atoms with Crippen LogP contribution in [-0.2, 0) is 19.3 Å². The number of halogens is 3. The Morgan fingerprint density at radius 3 is 2.29 bits per heavy atom. The van der Waals surface area contributed by atoms with Crippen LogP contribution in [0, 0.1) is 36.5 Å². The van der Waals surface area contributed by atoms with Crippen molar-refractivity contribution in [1.29, 1.82) is 10.5 Å². The zero-order valence-electron chi connectivity index (χ0n) is 20.6. The molecule has 9 heteroatoms. The van der Waals surface area contributed by atoms with Gasteiger partial charge in [0.15, 0.2) is 0 Å². The van der Waals surface area contributed by atoms with Crippen LogP contribution >= 0.6 is 0 Å². The van der Waals surface area contributed by atoms with Crippen molar-refractivity contribution >= 4 is 5.91 Å². The number of hydrogen-bond acceptors (Lipinski definition) is 4. The fourth-order valence-corrected chi connectivity index (χ4v) is 4.36. The lowest BCUT2D eigenvalue weighted by Crippen LogP contribution is -2.23. The highest BCUT2D eigenvalue weighted by Gasteiger charge is 2.34. The second kappa shape index (κ2) is 10.6. The molecule has 4 rings (SSSR count). The van der Waals surface area contributed by atoms with Crippen LogP contribution in [0.5, 0.6) is 0 Å². The van der Waals surface area contributed by atoms with E-state index in [9.17, 15) is 23.2 Å². The third kappa shape index (κ3) is 5.28. The van der Waals surface area contributed by atoms with Crippen molar-refractivity contribution in [2.24, 2.45) is 0 Å². The first kappa shape index (κ1) is 26.2. The van der Waals surface area contributed by atoms with Gasteiger partial charge in [-0.2, -0.15) is 23.7 Å². The third-order valence-corrected chi connectivity index (χ3v) is 6.34. The van der Waals surface area contributed by atoms with Crippen molar-refractivity contribution in [2.45, 2.75) is 33.1 Å². The molecule has 0 unspecified atom stereocenters. The molecule has 2 aromatic heterocycles. The van der Waals surface area contributed by atoms with Crippen molar-refractivity contribution in [1.82, 2.24) is 14.9 Å². The van der Waals surface area contributed by atoms with Crippen molar-refractivity contribution in [3.8, 4) is 23.3 Å². The Bertz CT molecular complexity index is 1570. The minimum absolute atomic E-state index is 0.228. The van der Waals surface area contributed by atoms with Gasteiger partial charge < -0.3 is 9.88 Å². The number of amides is 1. The lowest BCUT2D eigenvalue weighted by atomic mass is 9.96. The van der Waals surface area contributed by atoms with Crippen LogP contribution < -0.4 is 5.32 Å². The van der Waals surface area contributed by atoms with Crippen molar-refractivity contribution in [3.05, 3.63) is 112 Å². The maximum atomic E-state index is 13.6. The first-order valence-corrected chi connectivity index (χ1v) is 11.6. The largest absolute Gasteiger partial charge is 0.417 e. The average molecular weight is 514 g/mol. The van der Waals surface area contributed by atoms with Crippen LogP contribution in [0.3, 0.4) is 0 Å². The second-order valence-corrected chi connectivity index (χ2v) is 8.70. The van der Waals surface area contributed by atoms with E-state index >= 15 is 0 Å². The van der Waals surface area contributed by atoms with E-state index in [2.05, 4.69) is 16.4 Å². The van der Waals surface area contributed by atoms with Gasteiger partial charge in [-0.25, -0.2) is 0 Å². The molecule has 0 aliphatic carbocycles. The summed E-state index contributed by atoms with van der Waals surface area (Å²) in [5.74, 6) is -0.277. The molecule has 0 saturated carbocycles. The topological polar surface area (TPSA) is 94.5 Å². The lowest BCUT2D eigenvalue weighted by Gasteiger charge is -2.13. The van der Waals surface area contributed by atoms with E-state index in [1.165, 1.54) is 6.07 Å². The van der Waals surface area contributed by atoms with Gasteiger partial charge in [0.25, 0.3) is 5.91 Å². The number of nitrogens with zero attached hydrogens (tertiary/aromatic N) is 4. The Morgan fingerprint density at radius 1 is 0.974 bits per heavy atom. The van der Waals surface area contributed by atoms with Gasteiger partial charge >= 0.3 is 6.18 Å². The molecule has 1 amide bonds. The number of carbonyl (C=O) groups excluding carboxylic acids is 1. The van der Waals surface area contributed by atoms with Gasteiger partial charge in [0, 0.05) is 36.2 Å². The molecule has 0 atom stereocenters. The summed E-state index contributed by atoms with van der Waals surface area (Å²) in [6.45, 7) is 4.23. The summed E-state index contributed by atoms with van der Waals surface area (Å²) >= 11 is 0. The number of hydrogen-bond donors (Lipinski definition) is 1. The molecule has 1 N–H and O–H groups in total. The van der Waals surface area contributed by atoms with E-state index in [-0.39, 0.29) is 17.0 Å². The van der Waals surface area contributed by atoms with Crippen LogP contribution in [0.25, 0.3) is 11.1 Å². The monoisotopic (exact) mass is 513 g/mol. The van der Waals surface area contributed by atoms with E-state index in [4.69, 9.17) is 5.26 Å². The summed E-state index contributed by atoms with van der Waals surface area (Å²) in [6, 6.07) is 19.9. The molecule has 0 radical (unpaired) electrons. The summed E-state index contributed by atoms with van der Waals surface area (Å²) in [5, 5.41) is 21.8. The molecule has 0 spiro atoms. The summed E-state index contributed by atoms with van der Waals surface area (Å²) in [4.78, 5) is 16.2. The third-order valence-electron chi connectivity index (χ3n) is 6.34. The SMILES string of the molecule is Cc1c(C#N)c(-c2ccc(C#N)c(C(F)(F)F)c2)c(C)n1Cc1ccc(CNC(=O)c2ccccn2)cc1. The number of carbonyl (C=O) groups is 1. The number of nitrogens with one attached hydrogen (secondary N) is 1. The van der Waals surface area contributed by atoms with Gasteiger partial charge in [-0.3, -0.25) is 9.78 Å². The normalized spacial score (nSPS) is 11.0. The molecule has 0 saturated heterocycles. The quantitative estimate of drug-likeness (QED) is 0.347. The first-order valence-electron chi connectivity index (χ1n) is 11.6. The number of benzene rings is 2. The van der Waals surface area contributed by atoms with Gasteiger partial charge in [0.05, 0.1) is 22.8 Å². The number of alkyl halides is 3. The van der Waals surface area contributed by atoms with E-state index in [0.29, 0.717) is 35.7 Å². The van der Waals surface area contributed by atoms with Gasteiger partial charge in [0.2, 0.25) is 0 Å². The molecule has 190 valence electrons. The number of aromatic nitrogens is 2. The molecule has 6 nitrogen and oxygen atoms in total. The molecule has 0 aliphatic heterocycles. The molecule has 38 heavy (non-hydrogen) atoms. The minimum atomic E-state index is -4.70. The van der Waals surface area contributed by atoms with Crippen LogP contribution in [0.1, 0.15) is 49.7 Å². The second-order valence-electron chi connectivity index (χ2n) is 8.70. The molecule has 0 aliphatic rings. The van der Waals surface area contributed by atoms with Crippen LogP contribution in [0.4, 0.5) is 13.2 Å². The highest BCUT2D eigenvalue weighted by molar-refractivity contribution is 5.92. The molecule has 2 aromatic carbocycles. The maximum Gasteiger partial charge on any atom is 0.417 e. The number of nitriles is 2. The van der Waals surface area contributed by atoms with Crippen LogP contribution in [-0.4, -0.2) is 15.5 Å². The Kier molecular flexibility index (Phi) is 7.31. The first-order chi connectivity index (χ1) is 18.1. The predicted octanol–water partition coefficient (Wildman–Crippen LogP) is 5.91.